The Hall–Kier alpha value is -0.970. The second-order valence-electron chi connectivity index (χ2n) is 4.87. The van der Waals surface area contributed by atoms with E-state index in [4.69, 9.17) is 25.8 Å². The minimum absolute atomic E-state index is 0.603. The van der Waals surface area contributed by atoms with Crippen LogP contribution in [-0.4, -0.2) is 52.0 Å². The molecule has 0 amide bonds. The number of ether oxygens (including phenoxy) is 3. The maximum absolute atomic E-state index is 6.21. The first kappa shape index (κ1) is 15.4. The summed E-state index contributed by atoms with van der Waals surface area (Å²) in [5.74, 6) is 1.30. The van der Waals surface area contributed by atoms with Gasteiger partial charge in [0.25, 0.3) is 0 Å². The molecule has 0 atom stereocenters. The Bertz CT molecular complexity index is 433. The molecular formula is C15H22ClNO3. The van der Waals surface area contributed by atoms with Gasteiger partial charge in [0, 0.05) is 13.1 Å². The molecule has 0 bridgehead atoms. The monoisotopic (exact) mass is 299 g/mol. The van der Waals surface area contributed by atoms with Crippen LogP contribution in [0.3, 0.4) is 0 Å². The predicted molar refractivity (Wildman–Crippen MR) is 80.1 cm³/mol. The molecule has 20 heavy (non-hydrogen) atoms. The van der Waals surface area contributed by atoms with Crippen LogP contribution in [0.2, 0.25) is 5.02 Å². The van der Waals surface area contributed by atoms with Crippen molar-refractivity contribution in [2.75, 3.05) is 47.1 Å². The number of morpholine rings is 1. The van der Waals surface area contributed by atoms with Crippen molar-refractivity contribution in [2.45, 2.75) is 12.8 Å². The van der Waals surface area contributed by atoms with Crippen molar-refractivity contribution in [1.29, 1.82) is 0 Å². The van der Waals surface area contributed by atoms with E-state index >= 15 is 0 Å². The summed E-state index contributed by atoms with van der Waals surface area (Å²) in [5.41, 5.74) is 1.18. The summed E-state index contributed by atoms with van der Waals surface area (Å²) in [6.45, 7) is 4.86. The van der Waals surface area contributed by atoms with Gasteiger partial charge < -0.3 is 14.2 Å². The quantitative estimate of drug-likeness (QED) is 0.808. The molecule has 5 heteroatoms. The molecule has 1 aliphatic heterocycles. The number of hydrogen-bond acceptors (Lipinski definition) is 4. The van der Waals surface area contributed by atoms with Gasteiger partial charge in [0.15, 0.2) is 11.5 Å². The normalized spacial score (nSPS) is 16.1. The summed E-state index contributed by atoms with van der Waals surface area (Å²) in [6.07, 6.45) is 2.09. The van der Waals surface area contributed by atoms with Crippen LogP contribution in [0, 0.1) is 0 Å². The van der Waals surface area contributed by atoms with Gasteiger partial charge in [-0.15, -0.1) is 0 Å². The summed E-state index contributed by atoms with van der Waals surface area (Å²) in [7, 11) is 3.23. The van der Waals surface area contributed by atoms with Gasteiger partial charge in [-0.3, -0.25) is 4.90 Å². The number of aryl methyl sites for hydroxylation is 1. The van der Waals surface area contributed by atoms with Gasteiger partial charge in [-0.05, 0) is 37.1 Å². The van der Waals surface area contributed by atoms with Crippen LogP contribution in [0.25, 0.3) is 0 Å². The number of methoxy groups -OCH3 is 2. The van der Waals surface area contributed by atoms with Gasteiger partial charge in [-0.1, -0.05) is 11.6 Å². The van der Waals surface area contributed by atoms with Gasteiger partial charge in [-0.2, -0.15) is 0 Å². The molecule has 2 rings (SSSR count). The Labute approximate surface area is 125 Å². The lowest BCUT2D eigenvalue weighted by Gasteiger charge is -2.26. The summed E-state index contributed by atoms with van der Waals surface area (Å²) >= 11 is 6.21. The van der Waals surface area contributed by atoms with Gasteiger partial charge >= 0.3 is 0 Å². The average molecular weight is 300 g/mol. The molecule has 0 radical (unpaired) electrons. The third-order valence-corrected chi connectivity index (χ3v) is 3.82. The van der Waals surface area contributed by atoms with Gasteiger partial charge in [-0.25, -0.2) is 0 Å². The van der Waals surface area contributed by atoms with Crippen molar-refractivity contribution in [3.63, 3.8) is 0 Å². The third kappa shape index (κ3) is 4.01. The molecule has 4 nitrogen and oxygen atoms in total. The zero-order valence-corrected chi connectivity index (χ0v) is 12.9. The molecule has 0 saturated carbocycles. The first-order chi connectivity index (χ1) is 9.74. The molecule has 0 unspecified atom stereocenters. The van der Waals surface area contributed by atoms with Crippen LogP contribution < -0.4 is 9.47 Å². The first-order valence-electron chi connectivity index (χ1n) is 6.95. The SMILES string of the molecule is COc1cc(CCCN2CCOCC2)cc(Cl)c1OC. The van der Waals surface area contributed by atoms with E-state index in [-0.39, 0.29) is 0 Å². The Balaban J connectivity index is 1.90. The standard InChI is InChI=1S/C15H22ClNO3/c1-18-14-11-12(10-13(16)15(14)19-2)4-3-5-17-6-8-20-9-7-17/h10-11H,3-9H2,1-2H3. The van der Waals surface area contributed by atoms with E-state index in [1.54, 1.807) is 14.2 Å². The largest absolute Gasteiger partial charge is 0.493 e. The summed E-state index contributed by atoms with van der Waals surface area (Å²) in [5, 5.41) is 0.605. The molecule has 1 aliphatic rings. The Kier molecular flexibility index (Phi) is 5.95. The number of hydrogen-bond donors (Lipinski definition) is 0. The van der Waals surface area contributed by atoms with Crippen molar-refractivity contribution in [3.8, 4) is 11.5 Å². The number of rotatable bonds is 6. The summed E-state index contributed by atoms with van der Waals surface area (Å²) in [4.78, 5) is 2.44. The second-order valence-corrected chi connectivity index (χ2v) is 5.28. The molecule has 0 spiro atoms. The highest BCUT2D eigenvalue weighted by Gasteiger charge is 2.12. The van der Waals surface area contributed by atoms with Crippen molar-refractivity contribution in [2.24, 2.45) is 0 Å². The van der Waals surface area contributed by atoms with Crippen molar-refractivity contribution >= 4 is 11.6 Å². The van der Waals surface area contributed by atoms with E-state index in [1.807, 2.05) is 12.1 Å². The minimum atomic E-state index is 0.603. The fraction of sp³-hybridized carbons (Fsp3) is 0.600. The Morgan fingerprint density at radius 2 is 1.95 bits per heavy atom. The highest BCUT2D eigenvalue weighted by Crippen LogP contribution is 2.36. The molecule has 1 aromatic rings. The molecule has 0 aromatic heterocycles. The second kappa shape index (κ2) is 7.72. The molecule has 1 aromatic carbocycles. The molecule has 0 aliphatic carbocycles. The average Bonchev–Trinajstić information content (AvgIpc) is 2.47. The Morgan fingerprint density at radius 3 is 2.60 bits per heavy atom. The minimum Gasteiger partial charge on any atom is -0.493 e. The van der Waals surface area contributed by atoms with Crippen LogP contribution in [0.1, 0.15) is 12.0 Å². The molecule has 1 fully saturated rings. The molecule has 1 heterocycles. The number of nitrogens with zero attached hydrogens (tertiary/aromatic N) is 1. The Morgan fingerprint density at radius 1 is 1.20 bits per heavy atom. The maximum atomic E-state index is 6.21. The number of halogens is 1. The van der Waals surface area contributed by atoms with Crippen molar-refractivity contribution in [3.05, 3.63) is 22.7 Å². The van der Waals surface area contributed by atoms with E-state index in [2.05, 4.69) is 4.90 Å². The van der Waals surface area contributed by atoms with E-state index in [0.717, 1.165) is 45.7 Å². The van der Waals surface area contributed by atoms with E-state index < -0.39 is 0 Å². The van der Waals surface area contributed by atoms with Crippen LogP contribution in [0.5, 0.6) is 11.5 Å². The summed E-state index contributed by atoms with van der Waals surface area (Å²) < 4.78 is 15.9. The molecular weight excluding hydrogens is 278 g/mol. The fourth-order valence-electron chi connectivity index (χ4n) is 2.45. The van der Waals surface area contributed by atoms with E-state index in [9.17, 15) is 0 Å². The number of benzene rings is 1. The highest BCUT2D eigenvalue weighted by molar-refractivity contribution is 6.32. The lowest BCUT2D eigenvalue weighted by Crippen LogP contribution is -2.36. The van der Waals surface area contributed by atoms with Crippen molar-refractivity contribution < 1.29 is 14.2 Å². The molecule has 1 saturated heterocycles. The maximum Gasteiger partial charge on any atom is 0.179 e. The van der Waals surface area contributed by atoms with Crippen molar-refractivity contribution in [1.82, 2.24) is 4.90 Å². The van der Waals surface area contributed by atoms with Crippen LogP contribution in [0.15, 0.2) is 12.1 Å². The van der Waals surface area contributed by atoms with Gasteiger partial charge in [0.2, 0.25) is 0 Å². The van der Waals surface area contributed by atoms with E-state index in [0.29, 0.717) is 16.5 Å². The third-order valence-electron chi connectivity index (χ3n) is 3.54. The van der Waals surface area contributed by atoms with Crippen LogP contribution >= 0.6 is 11.6 Å². The predicted octanol–water partition coefficient (Wildman–Crippen LogP) is 2.62. The zero-order valence-electron chi connectivity index (χ0n) is 12.2. The van der Waals surface area contributed by atoms with Crippen LogP contribution in [-0.2, 0) is 11.2 Å². The van der Waals surface area contributed by atoms with Gasteiger partial charge in [0.05, 0.1) is 32.5 Å². The molecule has 0 N–H and O–H groups in total. The smallest absolute Gasteiger partial charge is 0.179 e. The zero-order chi connectivity index (χ0) is 14.4. The highest BCUT2D eigenvalue weighted by atomic mass is 35.5. The lowest BCUT2D eigenvalue weighted by molar-refractivity contribution is 0.0374. The van der Waals surface area contributed by atoms with E-state index in [1.165, 1.54) is 5.56 Å². The topological polar surface area (TPSA) is 30.9 Å². The van der Waals surface area contributed by atoms with Gasteiger partial charge in [0.1, 0.15) is 0 Å². The fourth-order valence-corrected chi connectivity index (χ4v) is 2.76. The lowest BCUT2D eigenvalue weighted by atomic mass is 10.1. The summed E-state index contributed by atoms with van der Waals surface area (Å²) in [6, 6.07) is 3.96. The molecule has 112 valence electrons. The first-order valence-corrected chi connectivity index (χ1v) is 7.33. The van der Waals surface area contributed by atoms with Crippen LogP contribution in [0.4, 0.5) is 0 Å².